The van der Waals surface area contributed by atoms with E-state index in [4.69, 9.17) is 0 Å². The zero-order valence-corrected chi connectivity index (χ0v) is 13.0. The van der Waals surface area contributed by atoms with Crippen LogP contribution in [0.15, 0.2) is 48.9 Å². The molecule has 23 heavy (non-hydrogen) atoms. The summed E-state index contributed by atoms with van der Waals surface area (Å²) < 4.78 is 1.92. The van der Waals surface area contributed by atoms with Crippen molar-refractivity contribution in [2.24, 2.45) is 0 Å². The smallest absolute Gasteiger partial charge is 0.227 e. The molecule has 3 heterocycles. The number of rotatable bonds is 4. The minimum Gasteiger partial charge on any atom is -0.361 e. The lowest BCUT2D eigenvalue weighted by Crippen LogP contribution is -2.39. The van der Waals surface area contributed by atoms with Gasteiger partial charge in [-0.1, -0.05) is 18.2 Å². The van der Waals surface area contributed by atoms with Gasteiger partial charge >= 0.3 is 0 Å². The van der Waals surface area contributed by atoms with Crippen molar-refractivity contribution in [3.8, 4) is 0 Å². The second-order valence-corrected chi connectivity index (χ2v) is 6.15. The summed E-state index contributed by atoms with van der Waals surface area (Å²) in [5, 5.41) is 5.41. The first-order chi connectivity index (χ1) is 11.3. The maximum absolute atomic E-state index is 12.8. The van der Waals surface area contributed by atoms with E-state index < -0.39 is 0 Å². The minimum absolute atomic E-state index is 0.212. The lowest BCUT2D eigenvalue weighted by atomic mass is 10.1. The highest BCUT2D eigenvalue weighted by atomic mass is 16.2. The van der Waals surface area contributed by atoms with Gasteiger partial charge in [0.15, 0.2) is 0 Å². The summed E-state index contributed by atoms with van der Waals surface area (Å²) in [5.41, 5.74) is 2.17. The average Bonchev–Trinajstić information content (AvgIpc) is 3.29. The van der Waals surface area contributed by atoms with E-state index in [0.717, 1.165) is 42.4 Å². The third-order valence-corrected chi connectivity index (χ3v) is 4.67. The number of amides is 1. The third kappa shape index (κ3) is 2.74. The summed E-state index contributed by atoms with van der Waals surface area (Å²) in [6, 6.07) is 10.3. The van der Waals surface area contributed by atoms with Gasteiger partial charge < -0.3 is 9.88 Å². The highest BCUT2D eigenvalue weighted by Crippen LogP contribution is 2.23. The van der Waals surface area contributed by atoms with Crippen molar-refractivity contribution in [2.45, 2.75) is 31.8 Å². The molecule has 1 aliphatic heterocycles. The summed E-state index contributed by atoms with van der Waals surface area (Å²) in [6.45, 7) is 1.64. The summed E-state index contributed by atoms with van der Waals surface area (Å²) >= 11 is 0. The zero-order valence-electron chi connectivity index (χ0n) is 13.0. The van der Waals surface area contributed by atoms with Crippen molar-refractivity contribution in [1.29, 1.82) is 0 Å². The van der Waals surface area contributed by atoms with Crippen LogP contribution in [0.5, 0.6) is 0 Å². The fourth-order valence-electron chi connectivity index (χ4n) is 3.52. The van der Waals surface area contributed by atoms with E-state index in [1.807, 2.05) is 46.2 Å². The molecule has 1 aliphatic rings. The Morgan fingerprint density at radius 3 is 3.09 bits per heavy atom. The molecule has 1 fully saturated rings. The SMILES string of the molecule is O=C(Cc1c[nH]c2ccccc12)N1CCCC1Cn1cccn1. The Morgan fingerprint density at radius 1 is 1.30 bits per heavy atom. The van der Waals surface area contributed by atoms with E-state index in [0.29, 0.717) is 6.42 Å². The second-order valence-electron chi connectivity index (χ2n) is 6.15. The van der Waals surface area contributed by atoms with Gasteiger partial charge in [0.05, 0.1) is 19.0 Å². The van der Waals surface area contributed by atoms with Gasteiger partial charge in [0.1, 0.15) is 0 Å². The second kappa shape index (κ2) is 5.91. The van der Waals surface area contributed by atoms with Crippen molar-refractivity contribution < 1.29 is 4.79 Å². The number of carbonyl (C=O) groups excluding carboxylic acids is 1. The monoisotopic (exact) mass is 308 g/mol. The Kier molecular flexibility index (Phi) is 3.61. The van der Waals surface area contributed by atoms with E-state index in [-0.39, 0.29) is 11.9 Å². The van der Waals surface area contributed by atoms with Crippen LogP contribution in [0.25, 0.3) is 10.9 Å². The number of aromatic amines is 1. The molecule has 1 unspecified atom stereocenters. The predicted molar refractivity (Wildman–Crippen MR) is 89.0 cm³/mol. The van der Waals surface area contributed by atoms with Crippen molar-refractivity contribution in [3.05, 3.63) is 54.5 Å². The van der Waals surface area contributed by atoms with E-state index in [9.17, 15) is 4.79 Å². The highest BCUT2D eigenvalue weighted by molar-refractivity contribution is 5.89. The fourth-order valence-corrected chi connectivity index (χ4v) is 3.52. The molecule has 0 saturated carbocycles. The van der Waals surface area contributed by atoms with Crippen molar-refractivity contribution in [2.75, 3.05) is 6.54 Å². The molecular weight excluding hydrogens is 288 g/mol. The Balaban J connectivity index is 1.49. The molecule has 1 amide bonds. The van der Waals surface area contributed by atoms with Gasteiger partial charge in [-0.25, -0.2) is 0 Å². The maximum Gasteiger partial charge on any atom is 0.227 e. The Labute approximate surface area is 134 Å². The number of aromatic nitrogens is 3. The van der Waals surface area contributed by atoms with Gasteiger partial charge in [-0.05, 0) is 30.5 Å². The van der Waals surface area contributed by atoms with Crippen LogP contribution in [-0.4, -0.2) is 38.2 Å². The van der Waals surface area contributed by atoms with Gasteiger partial charge in [0.25, 0.3) is 0 Å². The predicted octanol–water partition coefficient (Wildman–Crippen LogP) is 2.60. The molecule has 0 spiro atoms. The number of nitrogens with one attached hydrogen (secondary N) is 1. The number of hydrogen-bond donors (Lipinski definition) is 1. The molecule has 1 saturated heterocycles. The Morgan fingerprint density at radius 2 is 2.22 bits per heavy atom. The molecule has 1 atom stereocenters. The Hall–Kier alpha value is -2.56. The van der Waals surface area contributed by atoms with Crippen LogP contribution in [0.2, 0.25) is 0 Å². The van der Waals surface area contributed by atoms with E-state index >= 15 is 0 Å². The molecule has 5 heteroatoms. The van der Waals surface area contributed by atoms with Crippen LogP contribution < -0.4 is 0 Å². The van der Waals surface area contributed by atoms with Gasteiger partial charge in [0, 0.05) is 36.0 Å². The van der Waals surface area contributed by atoms with Crippen LogP contribution in [0.3, 0.4) is 0 Å². The average molecular weight is 308 g/mol. The fraction of sp³-hybridized carbons (Fsp3) is 0.333. The topological polar surface area (TPSA) is 53.9 Å². The number of likely N-dealkylation sites (tertiary alicyclic amines) is 1. The molecule has 2 aromatic heterocycles. The molecule has 4 rings (SSSR count). The molecule has 0 aliphatic carbocycles. The van der Waals surface area contributed by atoms with Gasteiger partial charge in [-0.15, -0.1) is 0 Å². The molecule has 0 bridgehead atoms. The highest BCUT2D eigenvalue weighted by Gasteiger charge is 2.29. The lowest BCUT2D eigenvalue weighted by molar-refractivity contribution is -0.131. The molecule has 3 aromatic rings. The number of hydrogen-bond acceptors (Lipinski definition) is 2. The van der Waals surface area contributed by atoms with Crippen LogP contribution in [0.1, 0.15) is 18.4 Å². The number of benzene rings is 1. The normalized spacial score (nSPS) is 17.9. The molecular formula is C18H20N4O. The van der Waals surface area contributed by atoms with Crippen LogP contribution in [0.4, 0.5) is 0 Å². The van der Waals surface area contributed by atoms with Crippen molar-refractivity contribution in [1.82, 2.24) is 19.7 Å². The number of carbonyl (C=O) groups is 1. The summed E-state index contributed by atoms with van der Waals surface area (Å²) in [5.74, 6) is 0.212. The first-order valence-electron chi connectivity index (χ1n) is 8.13. The summed E-state index contributed by atoms with van der Waals surface area (Å²) in [4.78, 5) is 18.1. The number of para-hydroxylation sites is 1. The Bertz CT molecular complexity index is 805. The molecule has 5 nitrogen and oxygen atoms in total. The number of nitrogens with zero attached hydrogens (tertiary/aromatic N) is 3. The molecule has 0 radical (unpaired) electrons. The number of H-pyrrole nitrogens is 1. The van der Waals surface area contributed by atoms with Gasteiger partial charge in [-0.2, -0.15) is 5.10 Å². The summed E-state index contributed by atoms with van der Waals surface area (Å²) in [6.07, 6.45) is 8.29. The molecule has 1 N–H and O–H groups in total. The summed E-state index contributed by atoms with van der Waals surface area (Å²) in [7, 11) is 0. The van der Waals surface area contributed by atoms with Crippen molar-refractivity contribution in [3.63, 3.8) is 0 Å². The third-order valence-electron chi connectivity index (χ3n) is 4.67. The zero-order chi connectivity index (χ0) is 15.6. The van der Waals surface area contributed by atoms with Crippen LogP contribution in [-0.2, 0) is 17.8 Å². The lowest BCUT2D eigenvalue weighted by Gasteiger charge is -2.24. The molecule has 1 aromatic carbocycles. The first-order valence-corrected chi connectivity index (χ1v) is 8.13. The standard InChI is InChI=1S/C18H20N4O/c23-18(11-14-12-19-17-7-2-1-6-16(14)17)22-10-3-5-15(22)13-21-9-4-8-20-21/h1-2,4,6-9,12,15,19H,3,5,10-11,13H2. The maximum atomic E-state index is 12.8. The van der Waals surface area contributed by atoms with E-state index in [2.05, 4.69) is 16.1 Å². The number of fused-ring (bicyclic) bond motifs is 1. The van der Waals surface area contributed by atoms with Crippen LogP contribution in [0, 0.1) is 0 Å². The minimum atomic E-state index is 0.212. The van der Waals surface area contributed by atoms with Crippen molar-refractivity contribution >= 4 is 16.8 Å². The van der Waals surface area contributed by atoms with Gasteiger partial charge in [-0.3, -0.25) is 9.48 Å². The van der Waals surface area contributed by atoms with Crippen LogP contribution >= 0.6 is 0 Å². The van der Waals surface area contributed by atoms with E-state index in [1.54, 1.807) is 6.20 Å². The molecule has 118 valence electrons. The first kappa shape index (κ1) is 14.1. The quantitative estimate of drug-likeness (QED) is 0.805. The largest absolute Gasteiger partial charge is 0.361 e. The van der Waals surface area contributed by atoms with Gasteiger partial charge in [0.2, 0.25) is 5.91 Å². The van der Waals surface area contributed by atoms with E-state index in [1.165, 1.54) is 0 Å².